The molecule has 7 fully saturated rings. The maximum atomic E-state index is 13.0. The normalized spacial score (nSPS) is 18.5. The fraction of sp³-hybridized carbons (Fsp3) is 0.490. The Morgan fingerprint density at radius 1 is 0.458 bits per heavy atom. The molecular weight excluding hydrogens is 1750 g/mol. The molecule has 17 rings (SSSR count). The third-order valence-corrected chi connectivity index (χ3v) is 32.8. The van der Waals surface area contributed by atoms with E-state index >= 15 is 0 Å². The van der Waals surface area contributed by atoms with Crippen molar-refractivity contribution < 1.29 is 32.6 Å². The van der Waals surface area contributed by atoms with Crippen LogP contribution in [0, 0.1) is 6.92 Å². The van der Waals surface area contributed by atoms with E-state index < -0.39 is 21.4 Å². The first-order valence-electron chi connectivity index (χ1n) is 46.4. The van der Waals surface area contributed by atoms with Crippen molar-refractivity contribution in [2.75, 3.05) is 265 Å². The van der Waals surface area contributed by atoms with Gasteiger partial charge in [0, 0.05) is 243 Å². The molecule has 8 aliphatic rings. The summed E-state index contributed by atoms with van der Waals surface area (Å²) >= 11 is 13.0. The number of hydrogen-bond donors (Lipinski definition) is 5. The number of methoxy groups -OCH3 is 3. The lowest BCUT2D eigenvalue weighted by Crippen LogP contribution is -2.52. The van der Waals surface area contributed by atoms with Crippen LogP contribution in [0.15, 0.2) is 134 Å². The van der Waals surface area contributed by atoms with Crippen molar-refractivity contribution in [3.8, 4) is 23.0 Å². The molecule has 0 saturated carbocycles. The Morgan fingerprint density at radius 2 is 0.863 bits per heavy atom. The Morgan fingerprint density at radius 3 is 1.30 bits per heavy atom. The second-order valence-electron chi connectivity index (χ2n) is 37.2. The van der Waals surface area contributed by atoms with Gasteiger partial charge in [-0.05, 0) is 180 Å². The highest BCUT2D eigenvalue weighted by atomic mass is 35.5. The monoisotopic (exact) mass is 1880 g/mol. The van der Waals surface area contributed by atoms with E-state index in [2.05, 4.69) is 185 Å². The molecule has 7 aliphatic heterocycles. The Kier molecular flexibility index (Phi) is 31.9. The molecule has 5 N–H and O–H groups in total. The van der Waals surface area contributed by atoms with Crippen LogP contribution in [0.1, 0.15) is 80.6 Å². The molecule has 10 heterocycles. The molecule has 1 aliphatic carbocycles. The van der Waals surface area contributed by atoms with Crippen molar-refractivity contribution in [3.63, 3.8) is 0 Å². The second-order valence-corrected chi connectivity index (χ2v) is 47.9. The van der Waals surface area contributed by atoms with Crippen LogP contribution >= 0.6 is 44.6 Å². The van der Waals surface area contributed by atoms with Gasteiger partial charge < -0.3 is 93.5 Å². The molecule has 0 amide bonds. The zero-order valence-electron chi connectivity index (χ0n) is 78.9. The number of rotatable bonds is 26. The van der Waals surface area contributed by atoms with Gasteiger partial charge in [-0.15, -0.1) is 0 Å². The summed E-state index contributed by atoms with van der Waals surface area (Å²) in [5, 5.41) is 19.1. The summed E-state index contributed by atoms with van der Waals surface area (Å²) in [6.07, 6.45) is 17.3. The predicted octanol–water partition coefficient (Wildman–Crippen LogP) is 16.7. The molecule has 6 aromatic carbocycles. The van der Waals surface area contributed by atoms with Crippen LogP contribution in [0.5, 0.6) is 23.0 Å². The largest absolute Gasteiger partial charge is 0.494 e. The highest BCUT2D eigenvalue weighted by Gasteiger charge is 2.34. The molecule has 0 atom stereocenters. The number of piperidine rings is 3. The van der Waals surface area contributed by atoms with Crippen molar-refractivity contribution in [1.82, 2.24) is 59.3 Å². The van der Waals surface area contributed by atoms with E-state index in [4.69, 9.17) is 52.1 Å². The lowest BCUT2D eigenvalue weighted by molar-refractivity contribution is 0.0982. The number of fused-ring (bicyclic) bond motifs is 1. The molecule has 702 valence electrons. The third kappa shape index (κ3) is 24.8. The highest BCUT2D eigenvalue weighted by Crippen LogP contribution is 2.47. The molecule has 0 unspecified atom stereocenters. The summed E-state index contributed by atoms with van der Waals surface area (Å²) in [7, 11) is 4.61. The van der Waals surface area contributed by atoms with E-state index in [1.54, 1.807) is 60.4 Å². The number of hydrogen-bond acceptors (Lipinski definition) is 28. The van der Waals surface area contributed by atoms with Gasteiger partial charge in [0.15, 0.2) is 11.6 Å². The van der Waals surface area contributed by atoms with Crippen LogP contribution in [0.3, 0.4) is 0 Å². The Bertz CT molecular complexity index is 5590. The lowest BCUT2D eigenvalue weighted by atomic mass is 10.0. The van der Waals surface area contributed by atoms with Crippen LogP contribution in [0.25, 0.3) is 6.08 Å². The average molecular weight is 1880 g/mol. The van der Waals surface area contributed by atoms with E-state index in [1.807, 2.05) is 86.4 Å². The number of aryl methyl sites for hydroxylation is 1. The number of ether oxygens (including phenoxy) is 4. The van der Waals surface area contributed by atoms with Crippen molar-refractivity contribution in [2.24, 2.45) is 0 Å². The summed E-state index contributed by atoms with van der Waals surface area (Å²) in [6.45, 7) is 37.0. The van der Waals surface area contributed by atoms with Gasteiger partial charge in [-0.2, -0.15) is 9.97 Å². The molecule has 33 heteroatoms. The molecular formula is C98H134Cl2N21O7P3. The van der Waals surface area contributed by atoms with E-state index in [9.17, 15) is 13.7 Å². The van der Waals surface area contributed by atoms with E-state index in [1.165, 1.54) is 96.6 Å². The fourth-order valence-electron chi connectivity index (χ4n) is 19.1. The first-order chi connectivity index (χ1) is 63.0. The summed E-state index contributed by atoms with van der Waals surface area (Å²) in [4.78, 5) is 53.1. The zero-order chi connectivity index (χ0) is 92.3. The Hall–Kier alpha value is -9.27. The number of allylic oxidation sites excluding steroid dienone is 1. The second kappa shape index (κ2) is 43.4. The minimum Gasteiger partial charge on any atom is -0.494 e. The fourth-order valence-corrected chi connectivity index (χ4v) is 23.7. The van der Waals surface area contributed by atoms with Crippen molar-refractivity contribution in [1.29, 1.82) is 0 Å². The smallest absolute Gasteiger partial charge is 0.229 e. The van der Waals surface area contributed by atoms with Gasteiger partial charge in [0.1, 0.15) is 59.0 Å². The molecule has 0 radical (unpaired) electrons. The number of halogens is 2. The molecule has 3 aromatic heterocycles. The van der Waals surface area contributed by atoms with Gasteiger partial charge in [-0.1, -0.05) is 65.7 Å². The minimum absolute atomic E-state index is 0.0598. The van der Waals surface area contributed by atoms with Crippen LogP contribution < -0.4 is 75.7 Å². The number of piperazine rings is 3. The highest BCUT2D eigenvalue weighted by molar-refractivity contribution is 7.70. The Labute approximate surface area is 785 Å². The lowest BCUT2D eigenvalue weighted by Gasteiger charge is -2.42. The summed E-state index contributed by atoms with van der Waals surface area (Å²) in [5.41, 5.74) is 12.4. The molecule has 9 aromatic rings. The minimum atomic E-state index is -2.54. The first kappa shape index (κ1) is 96.3. The summed E-state index contributed by atoms with van der Waals surface area (Å²) < 4.78 is 62.1. The van der Waals surface area contributed by atoms with Gasteiger partial charge in [-0.25, -0.2) is 19.9 Å². The van der Waals surface area contributed by atoms with E-state index in [0.717, 1.165) is 205 Å². The van der Waals surface area contributed by atoms with Crippen LogP contribution in [-0.2, 0) is 26.5 Å². The predicted molar refractivity (Wildman–Crippen MR) is 543 cm³/mol. The van der Waals surface area contributed by atoms with Gasteiger partial charge in [0.05, 0.1) is 81.1 Å². The average Bonchev–Trinajstić information content (AvgIpc) is 1.76. The molecule has 7 saturated heterocycles. The van der Waals surface area contributed by atoms with E-state index in [-0.39, 0.29) is 6.10 Å². The number of nitrogens with zero attached hydrogens (tertiary/aromatic N) is 16. The summed E-state index contributed by atoms with van der Waals surface area (Å²) in [6, 6.07) is 40.7. The first-order valence-corrected chi connectivity index (χ1v) is 54.9. The van der Waals surface area contributed by atoms with Gasteiger partial charge in [-0.3, -0.25) is 14.7 Å². The molecule has 131 heavy (non-hydrogen) atoms. The van der Waals surface area contributed by atoms with Gasteiger partial charge in [0.2, 0.25) is 11.9 Å². The number of aromatic nitrogens is 6. The number of para-hydroxylation sites is 1. The SMILES string of the molecule is CC(C)Oc1cc(N2CCC(N3CCN(C)CC3)CC2)ccc1Cc1nc2c(c(Nc3ccccc3P(C)(C)=O)n1)C=CC2.COc1cc(N2CCC(N3CCN(C)CC3)CC2)ccc1Nc1ncc(Cl)c(Nc2ccc(N3CCP(C)(=O)CC3)cc2OC)n1.COc1cc(N2CCC(N3CCN(C)CC3)CC2)ccc1Nc1ncc(Cl)c(Nc2cccc(C)c2P(C)(C)=O)n1. The molecule has 0 bridgehead atoms. The number of anilines is 14. The molecule has 0 spiro atoms. The summed E-state index contributed by atoms with van der Waals surface area (Å²) in [5.74, 6) is 6.16. The Balaban J connectivity index is 0.000000151. The molecule has 28 nitrogen and oxygen atoms in total. The van der Waals surface area contributed by atoms with Crippen LogP contribution in [-0.4, -0.2) is 303 Å². The van der Waals surface area contributed by atoms with Crippen LogP contribution in [0.4, 0.5) is 80.5 Å². The number of likely N-dealkylation sites (N-methyl/N-ethyl adjacent to an activating group) is 3. The van der Waals surface area contributed by atoms with E-state index in [0.29, 0.717) is 63.9 Å². The maximum Gasteiger partial charge on any atom is 0.229 e. The zero-order valence-corrected chi connectivity index (χ0v) is 83.1. The number of benzene rings is 6. The third-order valence-electron chi connectivity index (χ3n) is 26.7. The van der Waals surface area contributed by atoms with Crippen molar-refractivity contribution in [3.05, 3.63) is 172 Å². The van der Waals surface area contributed by atoms with Crippen molar-refractivity contribution >= 4 is 142 Å². The van der Waals surface area contributed by atoms with Gasteiger partial charge >= 0.3 is 0 Å². The number of nitrogens with one attached hydrogen (secondary N) is 5. The standard InChI is InChI=1S/C35H47N6O2P.C33H46ClN8O3P.C30H41ClN7O2P/c1-25(2)43-32-24-28(40-17-15-27(16-18-40)41-21-19-39(3)20-22-41)14-13-26(32)23-34-36-30-11-8-9-29(30)35(38-34)37-31-10-6-7-12-33(31)44(4,5)42;1-39-13-15-41(16-14-39)24-9-11-40(12-10-24)25-6-8-29(31(21-25)45-3)37-33-35-23-27(34)32(38-33)36-28-7-5-26(22-30(28)44-2)42-17-19-46(4,43)20-18-42;1-21-7-6-8-26(28(21)41(4,5)39)33-29-24(31)20-32-30(35-29)34-25-10-9-23(19-27(25)40-3)37-13-11-22(12-14-37)38-17-15-36(2)16-18-38/h6-10,12-14,24-25,27H,11,15-23H2,1-5H3,(H,36,37,38);5-8,21-24H,9-20H2,1-4H3,(H2,35,36,37,38);6-10,19-20,22H,11-18H2,1-5H3,(H2,32,33,34,35). The van der Waals surface area contributed by atoms with Crippen LogP contribution in [0.2, 0.25) is 10.0 Å². The van der Waals surface area contributed by atoms with Crippen molar-refractivity contribution in [2.45, 2.75) is 96.4 Å². The topological polar surface area (TPSA) is 258 Å². The van der Waals surface area contributed by atoms with Gasteiger partial charge in [0.25, 0.3) is 0 Å². The quantitative estimate of drug-likeness (QED) is 0.0316. The maximum absolute atomic E-state index is 13.0.